The van der Waals surface area contributed by atoms with E-state index in [1.54, 1.807) is 22.2 Å². The largest absolute Gasteiger partial charge is 0.273 e. The Balaban J connectivity index is 1.69. The van der Waals surface area contributed by atoms with Crippen LogP contribution in [0.3, 0.4) is 0 Å². The van der Waals surface area contributed by atoms with Crippen LogP contribution in [0.15, 0.2) is 17.6 Å². The normalized spacial score (nSPS) is 11.2. The molecule has 0 spiro atoms. The number of thiophene rings is 1. The van der Waals surface area contributed by atoms with Crippen LogP contribution in [0.4, 0.5) is 0 Å². The van der Waals surface area contributed by atoms with Crippen LogP contribution in [0.25, 0.3) is 10.2 Å². The Morgan fingerprint density at radius 1 is 1.21 bits per heavy atom. The summed E-state index contributed by atoms with van der Waals surface area (Å²) in [6.07, 6.45) is 11.0. The van der Waals surface area contributed by atoms with E-state index in [0.29, 0.717) is 6.42 Å². The fourth-order valence-corrected chi connectivity index (χ4v) is 3.12. The first-order chi connectivity index (χ1) is 9.33. The first-order valence-electron chi connectivity index (χ1n) is 7.27. The van der Waals surface area contributed by atoms with E-state index in [1.807, 2.05) is 11.4 Å². The van der Waals surface area contributed by atoms with Gasteiger partial charge in [-0.05, 0) is 17.9 Å². The molecule has 0 unspecified atom stereocenters. The van der Waals surface area contributed by atoms with Crippen molar-refractivity contribution < 1.29 is 4.79 Å². The second-order valence-electron chi connectivity index (χ2n) is 5.00. The highest BCUT2D eigenvalue weighted by Gasteiger charge is 2.10. The third-order valence-corrected chi connectivity index (χ3v) is 4.31. The quantitative estimate of drug-likeness (QED) is 0.645. The number of hydrogen-bond acceptors (Lipinski definition) is 3. The zero-order chi connectivity index (χ0) is 13.5. The zero-order valence-corrected chi connectivity index (χ0v) is 12.4. The first-order valence-corrected chi connectivity index (χ1v) is 8.15. The maximum atomic E-state index is 12.1. The number of aromatic nitrogens is 2. The number of fused-ring (bicyclic) bond motifs is 1. The summed E-state index contributed by atoms with van der Waals surface area (Å²) in [5.74, 6) is 0.131. The average molecular weight is 278 g/mol. The van der Waals surface area contributed by atoms with Gasteiger partial charge in [-0.2, -0.15) is 9.78 Å². The number of unbranched alkanes of at least 4 members (excludes halogenated alkanes) is 6. The van der Waals surface area contributed by atoms with Crippen molar-refractivity contribution in [2.24, 2.45) is 0 Å². The van der Waals surface area contributed by atoms with Gasteiger partial charge >= 0.3 is 0 Å². The van der Waals surface area contributed by atoms with Gasteiger partial charge in [0, 0.05) is 11.8 Å². The molecular weight excluding hydrogens is 256 g/mol. The Labute approximate surface area is 118 Å². The van der Waals surface area contributed by atoms with Gasteiger partial charge in [0.05, 0.1) is 6.20 Å². The second kappa shape index (κ2) is 7.43. The van der Waals surface area contributed by atoms with Gasteiger partial charge < -0.3 is 0 Å². The fourth-order valence-electron chi connectivity index (χ4n) is 2.27. The van der Waals surface area contributed by atoms with Crippen molar-refractivity contribution in [3.05, 3.63) is 17.6 Å². The van der Waals surface area contributed by atoms with Crippen molar-refractivity contribution in [2.45, 2.75) is 58.3 Å². The number of rotatable bonds is 8. The van der Waals surface area contributed by atoms with Crippen LogP contribution in [0.2, 0.25) is 0 Å². The highest BCUT2D eigenvalue weighted by atomic mass is 32.1. The van der Waals surface area contributed by atoms with Crippen molar-refractivity contribution >= 4 is 27.5 Å². The molecule has 2 aromatic heterocycles. The zero-order valence-electron chi connectivity index (χ0n) is 11.6. The number of hydrogen-bond donors (Lipinski definition) is 0. The van der Waals surface area contributed by atoms with E-state index in [4.69, 9.17) is 0 Å². The lowest BCUT2D eigenvalue weighted by Gasteiger charge is -2.02. The van der Waals surface area contributed by atoms with Crippen molar-refractivity contribution in [3.8, 4) is 0 Å². The maximum absolute atomic E-state index is 12.1. The van der Waals surface area contributed by atoms with Crippen LogP contribution in [0.1, 0.15) is 63.1 Å². The highest BCUT2D eigenvalue weighted by Crippen LogP contribution is 2.20. The predicted octanol–water partition coefficient (Wildman–Crippen LogP) is 4.88. The molecule has 3 nitrogen and oxygen atoms in total. The minimum atomic E-state index is 0.131. The molecular formula is C15H22N2OS. The molecule has 0 aliphatic carbocycles. The summed E-state index contributed by atoms with van der Waals surface area (Å²) in [6.45, 7) is 2.23. The minimum absolute atomic E-state index is 0.131. The number of carbonyl (C=O) groups excluding carboxylic acids is 1. The van der Waals surface area contributed by atoms with Gasteiger partial charge in [-0.15, -0.1) is 11.3 Å². The molecule has 0 atom stereocenters. The lowest BCUT2D eigenvalue weighted by Crippen LogP contribution is -2.10. The van der Waals surface area contributed by atoms with E-state index < -0.39 is 0 Å². The topological polar surface area (TPSA) is 34.9 Å². The van der Waals surface area contributed by atoms with Crippen LogP contribution in [0.5, 0.6) is 0 Å². The molecule has 0 fully saturated rings. The molecule has 19 heavy (non-hydrogen) atoms. The van der Waals surface area contributed by atoms with Crippen LogP contribution >= 0.6 is 11.3 Å². The summed E-state index contributed by atoms with van der Waals surface area (Å²) in [6, 6.07) is 2.00. The monoisotopic (exact) mass is 278 g/mol. The molecule has 2 aromatic rings. The van der Waals surface area contributed by atoms with E-state index in [9.17, 15) is 4.79 Å². The number of nitrogens with zero attached hydrogens (tertiary/aromatic N) is 2. The molecule has 0 amide bonds. The van der Waals surface area contributed by atoms with Gasteiger partial charge in [0.1, 0.15) is 4.83 Å². The fraction of sp³-hybridized carbons (Fsp3) is 0.600. The van der Waals surface area contributed by atoms with E-state index in [-0.39, 0.29) is 5.91 Å². The van der Waals surface area contributed by atoms with E-state index in [0.717, 1.165) is 23.1 Å². The molecule has 0 saturated heterocycles. The Bertz CT molecular complexity index is 515. The summed E-state index contributed by atoms with van der Waals surface area (Å²) in [7, 11) is 0. The predicted molar refractivity (Wildman–Crippen MR) is 80.8 cm³/mol. The summed E-state index contributed by atoms with van der Waals surface area (Å²) < 4.78 is 1.57. The molecule has 0 bridgehead atoms. The summed E-state index contributed by atoms with van der Waals surface area (Å²) in [4.78, 5) is 13.0. The van der Waals surface area contributed by atoms with Crippen molar-refractivity contribution in [1.29, 1.82) is 0 Å². The molecule has 0 aliphatic heterocycles. The SMILES string of the molecule is CCCCCCCCCC(=O)n1ncc2ccsc21. The molecule has 2 heterocycles. The molecule has 0 aromatic carbocycles. The van der Waals surface area contributed by atoms with Gasteiger partial charge in [-0.3, -0.25) is 4.79 Å². The molecule has 104 valence electrons. The molecule has 0 saturated carbocycles. The van der Waals surface area contributed by atoms with Gasteiger partial charge in [-0.1, -0.05) is 45.4 Å². The van der Waals surface area contributed by atoms with E-state index >= 15 is 0 Å². The standard InChI is InChI=1S/C15H22N2OS/c1-2-3-4-5-6-7-8-9-14(18)17-15-13(12-16-17)10-11-19-15/h10-12H,2-9H2,1H3. The van der Waals surface area contributed by atoms with Gasteiger partial charge in [0.2, 0.25) is 5.91 Å². The van der Waals surface area contributed by atoms with Crippen molar-refractivity contribution in [1.82, 2.24) is 9.78 Å². The Morgan fingerprint density at radius 2 is 1.95 bits per heavy atom. The second-order valence-corrected chi connectivity index (χ2v) is 5.90. The van der Waals surface area contributed by atoms with E-state index in [2.05, 4.69) is 12.0 Å². The van der Waals surface area contributed by atoms with Crippen molar-refractivity contribution in [2.75, 3.05) is 0 Å². The highest BCUT2D eigenvalue weighted by molar-refractivity contribution is 7.16. The first kappa shape index (κ1) is 14.3. The molecule has 0 N–H and O–H groups in total. The van der Waals surface area contributed by atoms with Crippen LogP contribution < -0.4 is 0 Å². The Hall–Kier alpha value is -1.16. The molecule has 0 radical (unpaired) electrons. The number of carbonyl (C=O) groups is 1. The minimum Gasteiger partial charge on any atom is -0.273 e. The Morgan fingerprint density at radius 3 is 2.74 bits per heavy atom. The lowest BCUT2D eigenvalue weighted by atomic mass is 10.1. The molecule has 2 rings (SSSR count). The van der Waals surface area contributed by atoms with Crippen LogP contribution in [-0.4, -0.2) is 15.7 Å². The van der Waals surface area contributed by atoms with E-state index in [1.165, 1.54) is 32.1 Å². The molecule has 4 heteroatoms. The summed E-state index contributed by atoms with van der Waals surface area (Å²) in [5.41, 5.74) is 0. The van der Waals surface area contributed by atoms with Crippen molar-refractivity contribution in [3.63, 3.8) is 0 Å². The Kier molecular flexibility index (Phi) is 5.58. The summed E-state index contributed by atoms with van der Waals surface area (Å²) in [5, 5.41) is 7.24. The van der Waals surface area contributed by atoms with Gasteiger partial charge in [-0.25, -0.2) is 0 Å². The van der Waals surface area contributed by atoms with Gasteiger partial charge in [0.15, 0.2) is 0 Å². The lowest BCUT2D eigenvalue weighted by molar-refractivity contribution is 0.0889. The third-order valence-electron chi connectivity index (χ3n) is 3.41. The maximum Gasteiger partial charge on any atom is 0.248 e. The smallest absolute Gasteiger partial charge is 0.248 e. The third kappa shape index (κ3) is 3.90. The summed E-state index contributed by atoms with van der Waals surface area (Å²) >= 11 is 1.58. The van der Waals surface area contributed by atoms with Gasteiger partial charge in [0.25, 0.3) is 0 Å². The molecule has 0 aliphatic rings. The van der Waals surface area contributed by atoms with Crippen LogP contribution in [-0.2, 0) is 0 Å². The van der Waals surface area contributed by atoms with Crippen LogP contribution in [0, 0.1) is 0 Å². The average Bonchev–Trinajstić information content (AvgIpc) is 2.99.